The molecule has 0 fully saturated rings. The van der Waals surface area contributed by atoms with Crippen LogP contribution in [0.5, 0.6) is 0 Å². The maximum absolute atomic E-state index is 13.4. The van der Waals surface area contributed by atoms with Crippen LogP contribution in [0.1, 0.15) is 11.4 Å². The molecule has 0 amide bonds. The quantitative estimate of drug-likeness (QED) is 0.317. The highest BCUT2D eigenvalue weighted by molar-refractivity contribution is 14.0. The molecule has 0 saturated heterocycles. The number of aliphatic imine (C=N–C) groups is 1. The molecule has 0 aliphatic rings. The highest BCUT2D eigenvalue weighted by Crippen LogP contribution is 2.21. The lowest BCUT2D eigenvalue weighted by molar-refractivity contribution is 0.622. The Morgan fingerprint density at radius 2 is 2.09 bits per heavy atom. The number of halogens is 2. The summed E-state index contributed by atoms with van der Waals surface area (Å²) in [6, 6.07) is 4.79. The van der Waals surface area contributed by atoms with Gasteiger partial charge >= 0.3 is 0 Å². The van der Waals surface area contributed by atoms with Crippen molar-refractivity contribution in [3.05, 3.63) is 41.7 Å². The molecule has 0 atom stereocenters. The molecule has 1 aromatic heterocycles. The Kier molecular flexibility index (Phi) is 8.31. The molecule has 126 valence electrons. The van der Waals surface area contributed by atoms with Crippen molar-refractivity contribution in [1.29, 1.82) is 0 Å². The number of rotatable bonds is 5. The van der Waals surface area contributed by atoms with Gasteiger partial charge in [0.15, 0.2) is 11.8 Å². The zero-order valence-electron chi connectivity index (χ0n) is 13.2. The van der Waals surface area contributed by atoms with Crippen LogP contribution in [0.25, 0.3) is 0 Å². The molecule has 0 bridgehead atoms. The van der Waals surface area contributed by atoms with Crippen LogP contribution in [0.4, 0.5) is 4.39 Å². The minimum absolute atomic E-state index is 0. The fourth-order valence-electron chi connectivity index (χ4n) is 1.91. The first-order valence-corrected chi connectivity index (χ1v) is 7.96. The molecule has 9 heteroatoms. The smallest absolute Gasteiger partial charge is 0.191 e. The standard InChI is InChI=1S/C14H19FN6S.HI/c1-16-14(18-8-13-20-19-9-21(13)2)17-7-10-6-11(15)4-5-12(10)22-3;/h4-6,9H,7-8H2,1-3H3,(H2,16,17,18);1H. The number of hydrogen-bond donors (Lipinski definition) is 2. The molecular weight excluding hydrogens is 430 g/mol. The Labute approximate surface area is 156 Å². The summed E-state index contributed by atoms with van der Waals surface area (Å²) in [4.78, 5) is 5.19. The number of hydrogen-bond acceptors (Lipinski definition) is 4. The van der Waals surface area contributed by atoms with Crippen molar-refractivity contribution in [1.82, 2.24) is 25.4 Å². The molecule has 1 heterocycles. The lowest BCUT2D eigenvalue weighted by atomic mass is 10.2. The monoisotopic (exact) mass is 450 g/mol. The summed E-state index contributed by atoms with van der Waals surface area (Å²) in [5.74, 6) is 1.19. The van der Waals surface area contributed by atoms with E-state index in [0.717, 1.165) is 16.3 Å². The third kappa shape index (κ3) is 5.65. The Balaban J connectivity index is 0.00000264. The Morgan fingerprint density at radius 3 is 2.70 bits per heavy atom. The van der Waals surface area contributed by atoms with Crippen molar-refractivity contribution < 1.29 is 4.39 Å². The van der Waals surface area contributed by atoms with Gasteiger partial charge in [-0.25, -0.2) is 4.39 Å². The Bertz CT molecular complexity index is 660. The number of benzene rings is 1. The largest absolute Gasteiger partial charge is 0.352 e. The van der Waals surface area contributed by atoms with Crippen LogP contribution in [0.15, 0.2) is 34.4 Å². The second-order valence-corrected chi connectivity index (χ2v) is 5.44. The van der Waals surface area contributed by atoms with E-state index in [1.807, 2.05) is 17.9 Å². The van der Waals surface area contributed by atoms with Gasteiger partial charge < -0.3 is 15.2 Å². The van der Waals surface area contributed by atoms with Crippen molar-refractivity contribution in [2.45, 2.75) is 18.0 Å². The second kappa shape index (κ2) is 9.71. The predicted molar refractivity (Wildman–Crippen MR) is 102 cm³/mol. The van der Waals surface area contributed by atoms with Crippen molar-refractivity contribution in [2.75, 3.05) is 13.3 Å². The summed E-state index contributed by atoms with van der Waals surface area (Å²) >= 11 is 1.59. The van der Waals surface area contributed by atoms with Crippen LogP contribution >= 0.6 is 35.7 Å². The molecule has 23 heavy (non-hydrogen) atoms. The maximum atomic E-state index is 13.4. The fraction of sp³-hybridized carbons (Fsp3) is 0.357. The van der Waals surface area contributed by atoms with Crippen LogP contribution in [0.2, 0.25) is 0 Å². The highest BCUT2D eigenvalue weighted by atomic mass is 127. The molecule has 0 aliphatic carbocycles. The van der Waals surface area contributed by atoms with E-state index in [9.17, 15) is 4.39 Å². The van der Waals surface area contributed by atoms with Gasteiger partial charge in [0.1, 0.15) is 12.1 Å². The molecule has 0 unspecified atom stereocenters. The summed E-state index contributed by atoms with van der Waals surface area (Å²) in [5, 5.41) is 14.1. The average molecular weight is 450 g/mol. The normalized spacial score (nSPS) is 11.0. The van der Waals surface area contributed by atoms with Crippen molar-refractivity contribution >= 4 is 41.7 Å². The van der Waals surface area contributed by atoms with Gasteiger partial charge in [0, 0.05) is 25.5 Å². The lowest BCUT2D eigenvalue weighted by Gasteiger charge is -2.13. The molecule has 2 rings (SSSR count). The first kappa shape index (κ1) is 19.7. The minimum atomic E-state index is -0.239. The topological polar surface area (TPSA) is 67.1 Å². The van der Waals surface area contributed by atoms with Crippen molar-refractivity contribution in [3.63, 3.8) is 0 Å². The van der Waals surface area contributed by atoms with Crippen LogP contribution < -0.4 is 10.6 Å². The van der Waals surface area contributed by atoms with Gasteiger partial charge in [0.05, 0.1) is 6.54 Å². The lowest BCUT2D eigenvalue weighted by Crippen LogP contribution is -2.37. The summed E-state index contributed by atoms with van der Waals surface area (Å²) in [6.07, 6.45) is 3.61. The van der Waals surface area contributed by atoms with Gasteiger partial charge in [-0.05, 0) is 30.0 Å². The first-order chi connectivity index (χ1) is 10.6. The van der Waals surface area contributed by atoms with Gasteiger partial charge in [0.2, 0.25) is 0 Å². The minimum Gasteiger partial charge on any atom is -0.352 e. The number of aryl methyl sites for hydroxylation is 1. The maximum Gasteiger partial charge on any atom is 0.191 e. The Hall–Kier alpha value is -1.36. The van der Waals surface area contributed by atoms with Crippen LogP contribution in [-0.4, -0.2) is 34.0 Å². The van der Waals surface area contributed by atoms with Gasteiger partial charge in [0.25, 0.3) is 0 Å². The van der Waals surface area contributed by atoms with E-state index in [1.165, 1.54) is 12.1 Å². The van der Waals surface area contributed by atoms with Gasteiger partial charge in [-0.3, -0.25) is 4.99 Å². The number of thioether (sulfide) groups is 1. The molecule has 6 nitrogen and oxygen atoms in total. The van der Waals surface area contributed by atoms with Crippen LogP contribution in [0.3, 0.4) is 0 Å². The molecule has 0 aliphatic heterocycles. The van der Waals surface area contributed by atoms with Gasteiger partial charge in [-0.15, -0.1) is 45.9 Å². The van der Waals surface area contributed by atoms with E-state index in [1.54, 1.807) is 31.2 Å². The second-order valence-electron chi connectivity index (χ2n) is 4.59. The number of nitrogens with zero attached hydrogens (tertiary/aromatic N) is 4. The van der Waals surface area contributed by atoms with E-state index in [0.29, 0.717) is 19.0 Å². The molecule has 1 aromatic carbocycles. The molecule has 2 aromatic rings. The molecule has 0 radical (unpaired) electrons. The van der Waals surface area contributed by atoms with E-state index in [4.69, 9.17) is 0 Å². The SMILES string of the molecule is CN=C(NCc1cc(F)ccc1SC)NCc1nncn1C.I. The fourth-order valence-corrected chi connectivity index (χ4v) is 2.51. The Morgan fingerprint density at radius 1 is 1.35 bits per heavy atom. The summed E-state index contributed by atoms with van der Waals surface area (Å²) in [6.45, 7) is 1.00. The van der Waals surface area contributed by atoms with E-state index >= 15 is 0 Å². The van der Waals surface area contributed by atoms with Crippen LogP contribution in [0, 0.1) is 5.82 Å². The molecule has 2 N–H and O–H groups in total. The van der Waals surface area contributed by atoms with E-state index in [-0.39, 0.29) is 29.8 Å². The van der Waals surface area contributed by atoms with E-state index < -0.39 is 0 Å². The van der Waals surface area contributed by atoms with Gasteiger partial charge in [-0.2, -0.15) is 0 Å². The van der Waals surface area contributed by atoms with Crippen molar-refractivity contribution in [2.24, 2.45) is 12.0 Å². The molecule has 0 spiro atoms. The summed E-state index contributed by atoms with van der Waals surface area (Å²) < 4.78 is 15.2. The summed E-state index contributed by atoms with van der Waals surface area (Å²) in [7, 11) is 3.57. The third-order valence-electron chi connectivity index (χ3n) is 3.13. The predicted octanol–water partition coefficient (Wildman–Crippen LogP) is 2.16. The molecular formula is C14H20FIN6S. The van der Waals surface area contributed by atoms with Gasteiger partial charge in [-0.1, -0.05) is 0 Å². The van der Waals surface area contributed by atoms with E-state index in [2.05, 4.69) is 25.8 Å². The average Bonchev–Trinajstić information content (AvgIpc) is 2.93. The van der Waals surface area contributed by atoms with Crippen LogP contribution in [-0.2, 0) is 20.1 Å². The number of nitrogens with one attached hydrogen (secondary N) is 2. The summed E-state index contributed by atoms with van der Waals surface area (Å²) in [5.41, 5.74) is 0.897. The molecule has 0 saturated carbocycles. The first-order valence-electron chi connectivity index (χ1n) is 6.74. The number of guanidine groups is 1. The third-order valence-corrected chi connectivity index (χ3v) is 3.97. The zero-order chi connectivity index (χ0) is 15.9. The van der Waals surface area contributed by atoms with Crippen molar-refractivity contribution in [3.8, 4) is 0 Å². The number of aromatic nitrogens is 3. The zero-order valence-corrected chi connectivity index (χ0v) is 16.4. The highest BCUT2D eigenvalue weighted by Gasteiger charge is 2.06.